The minimum atomic E-state index is -0.659. The lowest BCUT2D eigenvalue weighted by Gasteiger charge is -2.16. The molecule has 0 bridgehead atoms. The highest BCUT2D eigenvalue weighted by Crippen LogP contribution is 2.10. The van der Waals surface area contributed by atoms with Gasteiger partial charge in [-0.3, -0.25) is 14.4 Å². The minimum absolute atomic E-state index is 0.200. The molecule has 0 unspecified atom stereocenters. The first kappa shape index (κ1) is 26.5. The summed E-state index contributed by atoms with van der Waals surface area (Å²) in [5.74, 6) is 0.0676. The van der Waals surface area contributed by atoms with Gasteiger partial charge in [-0.05, 0) is 12.8 Å². The van der Waals surface area contributed by atoms with Crippen molar-refractivity contribution in [3.63, 3.8) is 0 Å². The predicted octanol–water partition coefficient (Wildman–Crippen LogP) is 3.60. The van der Waals surface area contributed by atoms with Gasteiger partial charge in [-0.25, -0.2) is 0 Å². The van der Waals surface area contributed by atoms with Crippen LogP contribution in [0.1, 0.15) is 71.6 Å². The van der Waals surface area contributed by atoms with Gasteiger partial charge in [-0.15, -0.1) is 0 Å². The number of carbonyl (C=O) groups excluding carboxylic acids is 3. The summed E-state index contributed by atoms with van der Waals surface area (Å²) in [6.07, 6.45) is 16.0. The molecular formula is C21H38N2O4S. The van der Waals surface area contributed by atoms with Gasteiger partial charge in [0.25, 0.3) is 0 Å². The first-order valence-electron chi connectivity index (χ1n) is 10.4. The minimum Gasteiger partial charge on any atom is -0.468 e. The predicted molar refractivity (Wildman–Crippen MR) is 116 cm³/mol. The number of methoxy groups -OCH3 is 1. The fourth-order valence-corrected chi connectivity index (χ4v) is 3.50. The molecule has 0 rings (SSSR count). The van der Waals surface area contributed by atoms with Crippen molar-refractivity contribution >= 4 is 29.5 Å². The van der Waals surface area contributed by atoms with Crippen LogP contribution < -0.4 is 10.6 Å². The van der Waals surface area contributed by atoms with E-state index in [1.54, 1.807) is 11.8 Å². The van der Waals surface area contributed by atoms with Gasteiger partial charge in [0, 0.05) is 18.4 Å². The van der Waals surface area contributed by atoms with Crippen LogP contribution in [0.5, 0.6) is 0 Å². The summed E-state index contributed by atoms with van der Waals surface area (Å²) < 4.78 is 4.49. The lowest BCUT2D eigenvalue weighted by molar-refractivity contribution is -0.141. The van der Waals surface area contributed by atoms with Crippen molar-refractivity contribution < 1.29 is 19.1 Å². The first-order valence-corrected chi connectivity index (χ1v) is 11.5. The topological polar surface area (TPSA) is 84.5 Å². The number of hydrogen-bond acceptors (Lipinski definition) is 5. The third kappa shape index (κ3) is 16.7. The second kappa shape index (κ2) is 18.8. The van der Waals surface area contributed by atoms with E-state index in [1.807, 2.05) is 0 Å². The van der Waals surface area contributed by atoms with Crippen molar-refractivity contribution in [3.05, 3.63) is 12.2 Å². The molecule has 0 saturated heterocycles. The quantitative estimate of drug-likeness (QED) is 0.216. The van der Waals surface area contributed by atoms with Crippen LogP contribution in [-0.4, -0.2) is 49.0 Å². The second-order valence-electron chi connectivity index (χ2n) is 6.82. The summed E-state index contributed by atoms with van der Waals surface area (Å²) in [5.41, 5.74) is 0. The fourth-order valence-electron chi connectivity index (χ4n) is 2.62. The molecule has 28 heavy (non-hydrogen) atoms. The monoisotopic (exact) mass is 414 g/mol. The van der Waals surface area contributed by atoms with Crippen molar-refractivity contribution in [2.24, 2.45) is 0 Å². The van der Waals surface area contributed by atoms with Crippen LogP contribution in [0.4, 0.5) is 0 Å². The number of esters is 1. The number of allylic oxidation sites excluding steroid dienone is 1. The summed E-state index contributed by atoms with van der Waals surface area (Å²) in [6, 6.07) is -0.659. The Morgan fingerprint density at radius 2 is 1.64 bits per heavy atom. The zero-order chi connectivity index (χ0) is 21.0. The van der Waals surface area contributed by atoms with Crippen LogP contribution in [0.25, 0.3) is 0 Å². The number of rotatable bonds is 17. The van der Waals surface area contributed by atoms with Crippen molar-refractivity contribution in [2.45, 2.75) is 77.7 Å². The number of thioether (sulfide) groups is 1. The summed E-state index contributed by atoms with van der Waals surface area (Å²) >= 11 is 1.57. The Bertz CT molecular complexity index is 469. The number of amides is 2. The van der Waals surface area contributed by atoms with Crippen molar-refractivity contribution in [2.75, 3.05) is 25.2 Å². The Morgan fingerprint density at radius 1 is 1.00 bits per heavy atom. The van der Waals surface area contributed by atoms with E-state index in [2.05, 4.69) is 34.4 Å². The molecule has 0 aliphatic carbocycles. The van der Waals surface area contributed by atoms with Crippen LogP contribution in [0.15, 0.2) is 12.2 Å². The third-order valence-corrected chi connectivity index (χ3v) is 5.22. The van der Waals surface area contributed by atoms with E-state index in [1.165, 1.54) is 65.4 Å². The SMILES string of the molecule is CCCCCCCCCC/C=C/CSC[C@H](NC(C)=O)C(=O)NCC(=O)OC. The zero-order valence-corrected chi connectivity index (χ0v) is 18.6. The average Bonchev–Trinajstić information content (AvgIpc) is 2.68. The van der Waals surface area contributed by atoms with Crippen LogP contribution in [0.2, 0.25) is 0 Å². The maximum Gasteiger partial charge on any atom is 0.325 e. The number of nitrogens with one attached hydrogen (secondary N) is 2. The fraction of sp³-hybridized carbons (Fsp3) is 0.762. The molecular weight excluding hydrogens is 376 g/mol. The molecule has 0 heterocycles. The molecule has 162 valence electrons. The van der Waals surface area contributed by atoms with E-state index in [9.17, 15) is 14.4 Å². The molecule has 0 saturated carbocycles. The Labute approximate surface area is 174 Å². The van der Waals surface area contributed by atoms with E-state index in [4.69, 9.17) is 0 Å². The molecule has 7 heteroatoms. The van der Waals surface area contributed by atoms with E-state index in [0.29, 0.717) is 5.75 Å². The Morgan fingerprint density at radius 3 is 2.25 bits per heavy atom. The molecule has 2 N–H and O–H groups in total. The first-order chi connectivity index (χ1) is 13.5. The van der Waals surface area contributed by atoms with Gasteiger partial charge in [0.1, 0.15) is 12.6 Å². The molecule has 0 aliphatic heterocycles. The number of carbonyl (C=O) groups is 3. The van der Waals surface area contributed by atoms with Gasteiger partial charge in [0.2, 0.25) is 11.8 Å². The van der Waals surface area contributed by atoms with E-state index < -0.39 is 12.0 Å². The van der Waals surface area contributed by atoms with Crippen molar-refractivity contribution in [3.8, 4) is 0 Å². The third-order valence-electron chi connectivity index (χ3n) is 4.22. The van der Waals surface area contributed by atoms with Crippen LogP contribution in [0, 0.1) is 0 Å². The number of unbranched alkanes of at least 4 members (excludes halogenated alkanes) is 8. The smallest absolute Gasteiger partial charge is 0.325 e. The van der Waals surface area contributed by atoms with Crippen LogP contribution >= 0.6 is 11.8 Å². The molecule has 0 aromatic carbocycles. The molecule has 0 aromatic rings. The normalized spacial score (nSPS) is 12.0. The van der Waals surface area contributed by atoms with Gasteiger partial charge >= 0.3 is 5.97 Å². The summed E-state index contributed by atoms with van der Waals surface area (Å²) in [4.78, 5) is 34.5. The van der Waals surface area contributed by atoms with Gasteiger partial charge in [-0.1, -0.05) is 64.0 Å². The van der Waals surface area contributed by atoms with Gasteiger partial charge in [0.15, 0.2) is 0 Å². The molecule has 0 radical (unpaired) electrons. The molecule has 6 nitrogen and oxygen atoms in total. The molecule has 1 atom stereocenters. The highest BCUT2D eigenvalue weighted by molar-refractivity contribution is 7.99. The van der Waals surface area contributed by atoms with Gasteiger partial charge in [0.05, 0.1) is 7.11 Å². The highest BCUT2D eigenvalue weighted by atomic mass is 32.2. The van der Waals surface area contributed by atoms with E-state index in [0.717, 1.165) is 12.2 Å². The summed E-state index contributed by atoms with van der Waals surface area (Å²) in [6.45, 7) is 3.41. The second-order valence-corrected chi connectivity index (χ2v) is 7.89. The Hall–Kier alpha value is -1.50. The largest absolute Gasteiger partial charge is 0.468 e. The highest BCUT2D eigenvalue weighted by Gasteiger charge is 2.19. The Kier molecular flexibility index (Phi) is 17.8. The van der Waals surface area contributed by atoms with Gasteiger partial charge in [-0.2, -0.15) is 11.8 Å². The average molecular weight is 415 g/mol. The Balaban J connectivity index is 3.85. The van der Waals surface area contributed by atoms with Gasteiger partial charge < -0.3 is 15.4 Å². The van der Waals surface area contributed by atoms with E-state index in [-0.39, 0.29) is 18.4 Å². The molecule has 2 amide bonds. The standard InChI is InChI=1S/C21H38N2O4S/c1-4-5-6-7-8-9-10-11-12-13-14-15-28-17-19(23-18(2)24)21(26)22-16-20(25)27-3/h13-14,19H,4-12,15-17H2,1-3H3,(H,22,26)(H,23,24)/b14-13+/t19-/m0/s1. The maximum atomic E-state index is 12.1. The number of ether oxygens (including phenoxy) is 1. The van der Waals surface area contributed by atoms with Crippen molar-refractivity contribution in [1.82, 2.24) is 10.6 Å². The molecule has 0 spiro atoms. The van der Waals surface area contributed by atoms with Crippen LogP contribution in [0.3, 0.4) is 0 Å². The molecule has 0 aliphatic rings. The lowest BCUT2D eigenvalue weighted by Crippen LogP contribution is -2.48. The maximum absolute atomic E-state index is 12.1. The van der Waals surface area contributed by atoms with Crippen LogP contribution in [-0.2, 0) is 19.1 Å². The molecule has 0 fully saturated rings. The number of hydrogen-bond donors (Lipinski definition) is 2. The molecule has 0 aromatic heterocycles. The zero-order valence-electron chi connectivity index (χ0n) is 17.8. The summed E-state index contributed by atoms with van der Waals surface area (Å²) in [7, 11) is 1.26. The van der Waals surface area contributed by atoms with E-state index >= 15 is 0 Å². The lowest BCUT2D eigenvalue weighted by atomic mass is 10.1. The van der Waals surface area contributed by atoms with Crippen molar-refractivity contribution in [1.29, 1.82) is 0 Å². The summed E-state index contributed by atoms with van der Waals surface area (Å²) in [5, 5.41) is 5.09.